The van der Waals surface area contributed by atoms with Crippen LogP contribution < -0.4 is 0 Å². The first-order valence-electron chi connectivity index (χ1n) is 6.30. The second-order valence-corrected chi connectivity index (χ2v) is 5.95. The van der Waals surface area contributed by atoms with Crippen LogP contribution in [0, 0.1) is 17.3 Å². The Kier molecular flexibility index (Phi) is 2.81. The minimum atomic E-state index is 0.246. The summed E-state index contributed by atoms with van der Waals surface area (Å²) in [5, 5.41) is 0. The number of hydrogen-bond donors (Lipinski definition) is 0. The van der Waals surface area contributed by atoms with Crippen LogP contribution in [-0.4, -0.2) is 5.78 Å². The number of carbonyl (C=O) groups excluding carboxylic acids is 1. The lowest BCUT2D eigenvalue weighted by atomic mass is 9.58. The molecule has 0 N–H and O–H groups in total. The van der Waals surface area contributed by atoms with Gasteiger partial charge in [-0.3, -0.25) is 4.79 Å². The van der Waals surface area contributed by atoms with E-state index in [1.54, 1.807) is 0 Å². The Morgan fingerprint density at radius 1 is 1.56 bits per heavy atom. The first kappa shape index (κ1) is 11.6. The van der Waals surface area contributed by atoms with Crippen LogP contribution in [0.25, 0.3) is 0 Å². The van der Waals surface area contributed by atoms with E-state index in [1.165, 1.54) is 17.6 Å². The van der Waals surface area contributed by atoms with E-state index in [4.69, 9.17) is 0 Å². The fraction of sp³-hybridized carbons (Fsp3) is 0.667. The average Bonchev–Trinajstić information content (AvgIpc) is 2.19. The lowest BCUT2D eigenvalue weighted by Gasteiger charge is -2.46. The average molecular weight is 218 g/mol. The van der Waals surface area contributed by atoms with Gasteiger partial charge in [0.2, 0.25) is 0 Å². The first-order chi connectivity index (χ1) is 7.43. The van der Waals surface area contributed by atoms with Crippen molar-refractivity contribution in [2.45, 2.75) is 46.5 Å². The van der Waals surface area contributed by atoms with Gasteiger partial charge in [0.25, 0.3) is 0 Å². The van der Waals surface area contributed by atoms with Crippen molar-refractivity contribution in [3.63, 3.8) is 0 Å². The third-order valence-electron chi connectivity index (χ3n) is 4.76. The first-order valence-corrected chi connectivity index (χ1v) is 6.30. The molecule has 1 fully saturated rings. The van der Waals surface area contributed by atoms with Gasteiger partial charge in [-0.15, -0.1) is 0 Å². The molecule has 1 nitrogen and oxygen atoms in total. The van der Waals surface area contributed by atoms with Crippen LogP contribution in [0.1, 0.15) is 46.5 Å². The zero-order valence-corrected chi connectivity index (χ0v) is 10.7. The Hall–Kier alpha value is -0.850. The summed E-state index contributed by atoms with van der Waals surface area (Å²) in [6, 6.07) is 0. The monoisotopic (exact) mass is 218 g/mol. The molecule has 2 rings (SSSR count). The van der Waals surface area contributed by atoms with Crippen LogP contribution >= 0.6 is 0 Å². The number of fused-ring (bicyclic) bond motifs is 1. The highest BCUT2D eigenvalue weighted by Gasteiger charge is 2.43. The van der Waals surface area contributed by atoms with Gasteiger partial charge in [-0.1, -0.05) is 37.6 Å². The maximum atomic E-state index is 11.6. The van der Waals surface area contributed by atoms with Gasteiger partial charge in [-0.2, -0.15) is 0 Å². The summed E-state index contributed by atoms with van der Waals surface area (Å²) in [6.45, 7) is 10.8. The molecule has 1 saturated carbocycles. The largest absolute Gasteiger partial charge is 0.299 e. The second-order valence-electron chi connectivity index (χ2n) is 5.95. The van der Waals surface area contributed by atoms with E-state index in [0.717, 1.165) is 12.8 Å². The Morgan fingerprint density at radius 2 is 2.25 bits per heavy atom. The van der Waals surface area contributed by atoms with Crippen molar-refractivity contribution >= 4 is 5.78 Å². The van der Waals surface area contributed by atoms with Crippen molar-refractivity contribution in [3.05, 3.63) is 23.8 Å². The molecule has 0 bridgehead atoms. The molecule has 0 aliphatic heterocycles. The van der Waals surface area contributed by atoms with Gasteiger partial charge in [-0.05, 0) is 37.0 Å². The van der Waals surface area contributed by atoms with Crippen molar-refractivity contribution < 1.29 is 4.79 Å². The van der Waals surface area contributed by atoms with Crippen molar-refractivity contribution in [3.8, 4) is 0 Å². The Balaban J connectivity index is 2.30. The molecule has 0 unspecified atom stereocenters. The van der Waals surface area contributed by atoms with Crippen LogP contribution in [0.3, 0.4) is 0 Å². The number of ketones is 1. The van der Waals surface area contributed by atoms with Gasteiger partial charge in [0.15, 0.2) is 0 Å². The molecule has 0 spiro atoms. The van der Waals surface area contributed by atoms with Gasteiger partial charge in [-0.25, -0.2) is 0 Å². The van der Waals surface area contributed by atoms with E-state index < -0.39 is 0 Å². The summed E-state index contributed by atoms with van der Waals surface area (Å²) in [5.41, 5.74) is 2.94. The molecule has 0 amide bonds. The predicted molar refractivity (Wildman–Crippen MR) is 67.1 cm³/mol. The Labute approximate surface area is 98.6 Å². The van der Waals surface area contributed by atoms with E-state index in [-0.39, 0.29) is 5.41 Å². The summed E-state index contributed by atoms with van der Waals surface area (Å²) in [7, 11) is 0. The van der Waals surface area contributed by atoms with Crippen LogP contribution in [0.4, 0.5) is 0 Å². The third kappa shape index (κ3) is 1.77. The molecule has 16 heavy (non-hydrogen) atoms. The van der Waals surface area contributed by atoms with Crippen LogP contribution in [0.2, 0.25) is 0 Å². The molecule has 1 heteroatoms. The number of allylic oxidation sites excluding steroid dienone is 3. The van der Waals surface area contributed by atoms with Crippen molar-refractivity contribution in [1.29, 1.82) is 0 Å². The normalized spacial score (nSPS) is 38.9. The number of carbonyl (C=O) groups is 1. The zero-order valence-electron chi connectivity index (χ0n) is 10.7. The topological polar surface area (TPSA) is 17.1 Å². The van der Waals surface area contributed by atoms with Gasteiger partial charge in [0, 0.05) is 12.8 Å². The smallest absolute Gasteiger partial charge is 0.137 e. The fourth-order valence-electron chi connectivity index (χ4n) is 3.26. The number of hydrogen-bond acceptors (Lipinski definition) is 1. The Morgan fingerprint density at radius 3 is 2.88 bits per heavy atom. The van der Waals surface area contributed by atoms with Crippen molar-refractivity contribution in [2.24, 2.45) is 17.3 Å². The Bertz CT molecular complexity index is 364. The highest BCUT2D eigenvalue weighted by atomic mass is 16.1. The van der Waals surface area contributed by atoms with E-state index >= 15 is 0 Å². The predicted octanol–water partition coefficient (Wildman–Crippen LogP) is 3.90. The minimum absolute atomic E-state index is 0.246. The van der Waals surface area contributed by atoms with Crippen LogP contribution in [0.5, 0.6) is 0 Å². The second kappa shape index (κ2) is 3.87. The molecular formula is C15H22O. The van der Waals surface area contributed by atoms with E-state index in [0.29, 0.717) is 24.0 Å². The van der Waals surface area contributed by atoms with Crippen molar-refractivity contribution in [1.82, 2.24) is 0 Å². The molecule has 2 aliphatic rings. The number of rotatable bonds is 1. The number of Topliss-reactive ketones (excluding diaryl/α,β-unsaturated/α-hetero) is 1. The third-order valence-corrected chi connectivity index (χ3v) is 4.76. The fourth-order valence-corrected chi connectivity index (χ4v) is 3.26. The summed E-state index contributed by atoms with van der Waals surface area (Å²) in [6.07, 6.45) is 6.04. The van der Waals surface area contributed by atoms with Crippen LogP contribution in [-0.2, 0) is 4.79 Å². The molecule has 0 heterocycles. The molecule has 0 aromatic rings. The summed E-state index contributed by atoms with van der Waals surface area (Å²) < 4.78 is 0. The lowest BCUT2D eigenvalue weighted by molar-refractivity contribution is -0.122. The molecule has 0 aromatic carbocycles. The maximum Gasteiger partial charge on any atom is 0.137 e. The highest BCUT2D eigenvalue weighted by Crippen LogP contribution is 2.52. The minimum Gasteiger partial charge on any atom is -0.299 e. The maximum absolute atomic E-state index is 11.6. The molecule has 3 atom stereocenters. The summed E-state index contributed by atoms with van der Waals surface area (Å²) in [5.74, 6) is 1.52. The van der Waals surface area contributed by atoms with Gasteiger partial charge >= 0.3 is 0 Å². The molecule has 0 aromatic heterocycles. The molecule has 0 radical (unpaired) electrons. The highest BCUT2D eigenvalue weighted by molar-refractivity contribution is 5.83. The molecule has 0 saturated heterocycles. The summed E-state index contributed by atoms with van der Waals surface area (Å²) in [4.78, 5) is 11.6. The molecular weight excluding hydrogens is 196 g/mol. The standard InChI is InChI=1S/C15H22O/c1-10(2)12-5-6-13-8-14(16)7-11(3)15(13,4)9-12/h6,11-12H,1,5,7-9H2,2-4H3/t11-,12-,15+/m1/s1. The van der Waals surface area contributed by atoms with Gasteiger partial charge in [0.1, 0.15) is 5.78 Å². The van der Waals surface area contributed by atoms with E-state index in [1.807, 2.05) is 0 Å². The molecule has 2 aliphatic carbocycles. The van der Waals surface area contributed by atoms with E-state index in [2.05, 4.69) is 33.4 Å². The van der Waals surface area contributed by atoms with Gasteiger partial charge in [0.05, 0.1) is 0 Å². The zero-order chi connectivity index (χ0) is 11.9. The molecule has 88 valence electrons. The van der Waals surface area contributed by atoms with Crippen LogP contribution in [0.15, 0.2) is 23.8 Å². The SMILES string of the molecule is C=C(C)[C@@H]1CC=C2CC(=O)C[C@@H](C)[C@]2(C)C1. The van der Waals surface area contributed by atoms with Gasteiger partial charge < -0.3 is 0 Å². The van der Waals surface area contributed by atoms with E-state index in [9.17, 15) is 4.79 Å². The lowest BCUT2D eigenvalue weighted by Crippen LogP contribution is -2.39. The quantitative estimate of drug-likeness (QED) is 0.610. The summed E-state index contributed by atoms with van der Waals surface area (Å²) >= 11 is 0. The van der Waals surface area contributed by atoms with Crippen molar-refractivity contribution in [2.75, 3.05) is 0 Å².